The number of nitrogens with one attached hydrogen (secondary N) is 1. The van der Waals surface area contributed by atoms with Crippen molar-refractivity contribution in [3.63, 3.8) is 0 Å². The van der Waals surface area contributed by atoms with Crippen molar-refractivity contribution in [2.24, 2.45) is 0 Å². The van der Waals surface area contributed by atoms with Crippen molar-refractivity contribution < 1.29 is 4.79 Å². The number of rotatable bonds is 1. The Morgan fingerprint density at radius 1 is 1.28 bits per heavy atom. The van der Waals surface area contributed by atoms with Crippen LogP contribution in [0.25, 0.3) is 11.1 Å². The molecule has 0 bridgehead atoms. The average Bonchev–Trinajstić information content (AvgIpc) is 2.82. The van der Waals surface area contributed by atoms with E-state index in [0.717, 1.165) is 28.9 Å². The number of carbonyl (C=O) groups is 1. The lowest BCUT2D eigenvalue weighted by atomic mass is 9.93. The number of fused-ring (bicyclic) bond motifs is 1. The Kier molecular flexibility index (Phi) is 2.47. The monoisotopic (exact) mass is 240 g/mol. The third-order valence-electron chi connectivity index (χ3n) is 3.60. The molecule has 0 saturated heterocycles. The predicted octanol–water partition coefficient (Wildman–Crippen LogP) is 2.87. The molecule has 1 aromatic heterocycles. The third-order valence-corrected chi connectivity index (χ3v) is 3.60. The lowest BCUT2D eigenvalue weighted by molar-refractivity contribution is 0.0768. The zero-order chi connectivity index (χ0) is 12.7. The van der Waals surface area contributed by atoms with Gasteiger partial charge in [0.25, 0.3) is 5.91 Å². The van der Waals surface area contributed by atoms with Crippen LogP contribution in [0.2, 0.25) is 0 Å². The van der Waals surface area contributed by atoms with Crippen LogP contribution in [-0.2, 0) is 0 Å². The van der Waals surface area contributed by atoms with Crippen molar-refractivity contribution >= 4 is 5.91 Å². The maximum absolute atomic E-state index is 12.3. The summed E-state index contributed by atoms with van der Waals surface area (Å²) >= 11 is 0. The maximum Gasteiger partial charge on any atom is 0.256 e. The number of carbonyl (C=O) groups excluding carboxylic acids is 1. The first-order valence-corrected chi connectivity index (χ1v) is 6.20. The molecule has 3 nitrogen and oxygen atoms in total. The van der Waals surface area contributed by atoms with Crippen LogP contribution in [0.4, 0.5) is 0 Å². The summed E-state index contributed by atoms with van der Waals surface area (Å²) in [7, 11) is 1.86. The Balaban J connectivity index is 2.18. The number of likely N-dealkylation sites (N-methyl/N-ethyl adjacent to an activating group) is 1. The normalized spacial score (nSPS) is 18.9. The van der Waals surface area contributed by atoms with Gasteiger partial charge in [-0.05, 0) is 5.56 Å². The highest BCUT2D eigenvalue weighted by molar-refractivity contribution is 6.03. The number of amides is 1. The molecule has 3 rings (SSSR count). The van der Waals surface area contributed by atoms with Crippen molar-refractivity contribution in [1.29, 1.82) is 0 Å². The Bertz CT molecular complexity index is 586. The number of benzene rings is 1. The fraction of sp³-hybridized carbons (Fsp3) is 0.267. The second-order valence-electron chi connectivity index (χ2n) is 4.94. The SMILES string of the molecule is CC1CN(C)C(=O)c2c(-c3ccccc3)c[nH]c21. The minimum Gasteiger partial charge on any atom is -0.363 e. The molecule has 1 unspecified atom stereocenters. The van der Waals surface area contributed by atoms with Crippen molar-refractivity contribution in [3.05, 3.63) is 47.8 Å². The molecule has 2 heterocycles. The molecule has 1 aliphatic rings. The van der Waals surface area contributed by atoms with Crippen LogP contribution < -0.4 is 0 Å². The van der Waals surface area contributed by atoms with Crippen LogP contribution in [0.3, 0.4) is 0 Å². The molecule has 92 valence electrons. The van der Waals surface area contributed by atoms with E-state index in [1.54, 1.807) is 4.90 Å². The molecule has 3 heteroatoms. The first-order chi connectivity index (χ1) is 8.68. The van der Waals surface area contributed by atoms with Gasteiger partial charge in [0.1, 0.15) is 0 Å². The fourth-order valence-corrected chi connectivity index (χ4v) is 2.68. The molecule has 0 spiro atoms. The summed E-state index contributed by atoms with van der Waals surface area (Å²) in [6.45, 7) is 2.92. The summed E-state index contributed by atoms with van der Waals surface area (Å²) < 4.78 is 0. The Labute approximate surface area is 106 Å². The van der Waals surface area contributed by atoms with Gasteiger partial charge in [0.05, 0.1) is 5.56 Å². The number of aromatic nitrogens is 1. The zero-order valence-electron chi connectivity index (χ0n) is 10.6. The zero-order valence-corrected chi connectivity index (χ0v) is 10.6. The first-order valence-electron chi connectivity index (χ1n) is 6.20. The highest BCUT2D eigenvalue weighted by Gasteiger charge is 2.30. The molecule has 0 saturated carbocycles. The average molecular weight is 240 g/mol. The van der Waals surface area contributed by atoms with E-state index in [4.69, 9.17) is 0 Å². The Hall–Kier alpha value is -2.03. The quantitative estimate of drug-likeness (QED) is 0.817. The number of aromatic amines is 1. The highest BCUT2D eigenvalue weighted by Crippen LogP contribution is 2.34. The molecule has 0 fully saturated rings. The van der Waals surface area contributed by atoms with Crippen molar-refractivity contribution in [1.82, 2.24) is 9.88 Å². The van der Waals surface area contributed by atoms with Gasteiger partial charge in [-0.3, -0.25) is 4.79 Å². The lowest BCUT2D eigenvalue weighted by Crippen LogP contribution is -2.35. The van der Waals surface area contributed by atoms with Gasteiger partial charge in [-0.1, -0.05) is 37.3 Å². The second kappa shape index (κ2) is 4.02. The minimum atomic E-state index is 0.114. The molecule has 18 heavy (non-hydrogen) atoms. The van der Waals surface area contributed by atoms with E-state index in [1.165, 1.54) is 0 Å². The number of hydrogen-bond acceptors (Lipinski definition) is 1. The van der Waals surface area contributed by atoms with Crippen molar-refractivity contribution in [2.45, 2.75) is 12.8 Å². The van der Waals surface area contributed by atoms with Gasteiger partial charge in [0, 0.05) is 37.0 Å². The van der Waals surface area contributed by atoms with E-state index < -0.39 is 0 Å². The molecule has 2 aromatic rings. The molecule has 1 aliphatic heterocycles. The summed E-state index contributed by atoms with van der Waals surface area (Å²) in [5, 5.41) is 0. The van der Waals surface area contributed by atoms with E-state index in [1.807, 2.05) is 43.6 Å². The van der Waals surface area contributed by atoms with E-state index in [-0.39, 0.29) is 5.91 Å². The van der Waals surface area contributed by atoms with Crippen LogP contribution in [0.1, 0.15) is 28.9 Å². The molecule has 1 amide bonds. The predicted molar refractivity (Wildman–Crippen MR) is 71.6 cm³/mol. The van der Waals surface area contributed by atoms with Crippen LogP contribution in [0.15, 0.2) is 36.5 Å². The summed E-state index contributed by atoms with van der Waals surface area (Å²) in [5.41, 5.74) is 4.00. The summed E-state index contributed by atoms with van der Waals surface area (Å²) in [6, 6.07) is 10.1. The van der Waals surface area contributed by atoms with Crippen LogP contribution in [-0.4, -0.2) is 29.4 Å². The van der Waals surface area contributed by atoms with Crippen LogP contribution >= 0.6 is 0 Å². The van der Waals surface area contributed by atoms with E-state index in [0.29, 0.717) is 5.92 Å². The van der Waals surface area contributed by atoms with Gasteiger partial charge < -0.3 is 9.88 Å². The van der Waals surface area contributed by atoms with Gasteiger partial charge in [-0.15, -0.1) is 0 Å². The molecule has 1 N–H and O–H groups in total. The third kappa shape index (κ3) is 1.55. The summed E-state index contributed by atoms with van der Waals surface area (Å²) in [5.74, 6) is 0.475. The standard InChI is InChI=1S/C15H16N2O/c1-10-9-17(2)15(18)13-12(8-16-14(10)13)11-6-4-3-5-7-11/h3-8,10,16H,9H2,1-2H3. The Morgan fingerprint density at radius 2 is 2.00 bits per heavy atom. The van der Waals surface area contributed by atoms with E-state index in [2.05, 4.69) is 11.9 Å². The Morgan fingerprint density at radius 3 is 2.72 bits per heavy atom. The van der Waals surface area contributed by atoms with Gasteiger partial charge in [0.2, 0.25) is 0 Å². The first kappa shape index (κ1) is 11.1. The van der Waals surface area contributed by atoms with Gasteiger partial charge >= 0.3 is 0 Å². The minimum absolute atomic E-state index is 0.114. The van der Waals surface area contributed by atoms with E-state index in [9.17, 15) is 4.79 Å². The maximum atomic E-state index is 12.3. The smallest absolute Gasteiger partial charge is 0.256 e. The molecular weight excluding hydrogens is 224 g/mol. The largest absolute Gasteiger partial charge is 0.363 e. The number of hydrogen-bond donors (Lipinski definition) is 1. The fourth-order valence-electron chi connectivity index (χ4n) is 2.68. The van der Waals surface area contributed by atoms with Gasteiger partial charge in [-0.25, -0.2) is 0 Å². The van der Waals surface area contributed by atoms with Gasteiger partial charge in [-0.2, -0.15) is 0 Å². The van der Waals surface area contributed by atoms with Gasteiger partial charge in [0.15, 0.2) is 0 Å². The topological polar surface area (TPSA) is 36.1 Å². The molecule has 0 aliphatic carbocycles. The van der Waals surface area contributed by atoms with E-state index >= 15 is 0 Å². The summed E-state index contributed by atoms with van der Waals surface area (Å²) in [4.78, 5) is 17.4. The highest BCUT2D eigenvalue weighted by atomic mass is 16.2. The van der Waals surface area contributed by atoms with Crippen LogP contribution in [0, 0.1) is 0 Å². The number of H-pyrrole nitrogens is 1. The van der Waals surface area contributed by atoms with Crippen molar-refractivity contribution in [2.75, 3.05) is 13.6 Å². The number of nitrogens with zero attached hydrogens (tertiary/aromatic N) is 1. The molecule has 0 radical (unpaired) electrons. The molecular formula is C15H16N2O. The van der Waals surface area contributed by atoms with Crippen LogP contribution in [0.5, 0.6) is 0 Å². The molecule has 1 atom stereocenters. The molecule has 1 aromatic carbocycles. The lowest BCUT2D eigenvalue weighted by Gasteiger charge is -2.28. The van der Waals surface area contributed by atoms with Crippen molar-refractivity contribution in [3.8, 4) is 11.1 Å². The summed E-state index contributed by atoms with van der Waals surface area (Å²) in [6.07, 6.45) is 1.95. The second-order valence-corrected chi connectivity index (χ2v) is 4.94.